The first-order chi connectivity index (χ1) is 5.16. The van der Waals surface area contributed by atoms with Crippen LogP contribution < -0.4 is 0 Å². The highest BCUT2D eigenvalue weighted by Gasteiger charge is 2.02. The summed E-state index contributed by atoms with van der Waals surface area (Å²) in [5.41, 5.74) is 5.29. The standard InChI is InChI=1S/C10H15N/c1-5-10-7(2)6-11-9(4)8(10)3/h6H,5H2,1-4H3. The lowest BCUT2D eigenvalue weighted by Crippen LogP contribution is -1.96. The highest BCUT2D eigenvalue weighted by Crippen LogP contribution is 2.15. The summed E-state index contributed by atoms with van der Waals surface area (Å²) < 4.78 is 0. The van der Waals surface area contributed by atoms with Crippen LogP contribution in [0.4, 0.5) is 0 Å². The summed E-state index contributed by atoms with van der Waals surface area (Å²) in [6.07, 6.45) is 3.07. The SMILES string of the molecule is CCc1c(C)cnc(C)c1C. The molecule has 0 saturated heterocycles. The van der Waals surface area contributed by atoms with Gasteiger partial charge in [-0.15, -0.1) is 0 Å². The number of hydrogen-bond acceptors (Lipinski definition) is 1. The smallest absolute Gasteiger partial charge is 0.0404 e. The Labute approximate surface area is 68.5 Å². The zero-order valence-electron chi connectivity index (χ0n) is 7.73. The van der Waals surface area contributed by atoms with Crippen LogP contribution in [0.25, 0.3) is 0 Å². The third-order valence-corrected chi connectivity index (χ3v) is 2.28. The van der Waals surface area contributed by atoms with Crippen LogP contribution in [0.3, 0.4) is 0 Å². The van der Waals surface area contributed by atoms with Gasteiger partial charge in [-0.2, -0.15) is 0 Å². The van der Waals surface area contributed by atoms with Crippen molar-refractivity contribution in [3.63, 3.8) is 0 Å². The van der Waals surface area contributed by atoms with Gasteiger partial charge in [0.1, 0.15) is 0 Å². The Morgan fingerprint density at radius 2 is 1.91 bits per heavy atom. The second kappa shape index (κ2) is 3.04. The van der Waals surface area contributed by atoms with Crippen LogP contribution in [0.2, 0.25) is 0 Å². The van der Waals surface area contributed by atoms with Gasteiger partial charge >= 0.3 is 0 Å². The number of hydrogen-bond donors (Lipinski definition) is 0. The van der Waals surface area contributed by atoms with Gasteiger partial charge in [-0.05, 0) is 43.9 Å². The number of nitrogens with zero attached hydrogens (tertiary/aromatic N) is 1. The van der Waals surface area contributed by atoms with Crippen molar-refractivity contribution in [1.29, 1.82) is 0 Å². The van der Waals surface area contributed by atoms with E-state index in [0.717, 1.165) is 12.1 Å². The minimum Gasteiger partial charge on any atom is -0.261 e. The van der Waals surface area contributed by atoms with Crippen molar-refractivity contribution < 1.29 is 0 Å². The Morgan fingerprint density at radius 3 is 2.36 bits per heavy atom. The van der Waals surface area contributed by atoms with E-state index in [9.17, 15) is 0 Å². The van der Waals surface area contributed by atoms with E-state index in [4.69, 9.17) is 0 Å². The molecule has 0 radical (unpaired) electrons. The largest absolute Gasteiger partial charge is 0.261 e. The number of pyridine rings is 1. The summed E-state index contributed by atoms with van der Waals surface area (Å²) in [7, 11) is 0. The van der Waals surface area contributed by atoms with Crippen molar-refractivity contribution in [3.8, 4) is 0 Å². The Morgan fingerprint density at radius 1 is 1.27 bits per heavy atom. The predicted octanol–water partition coefficient (Wildman–Crippen LogP) is 2.57. The molecule has 1 nitrogen and oxygen atoms in total. The molecular weight excluding hydrogens is 134 g/mol. The first-order valence-corrected chi connectivity index (χ1v) is 4.08. The fourth-order valence-corrected chi connectivity index (χ4v) is 1.43. The van der Waals surface area contributed by atoms with Crippen molar-refractivity contribution in [2.45, 2.75) is 34.1 Å². The van der Waals surface area contributed by atoms with Gasteiger partial charge in [-0.3, -0.25) is 4.98 Å². The van der Waals surface area contributed by atoms with E-state index in [2.05, 4.69) is 32.7 Å². The van der Waals surface area contributed by atoms with Crippen LogP contribution in [0.1, 0.15) is 29.3 Å². The molecule has 0 aromatic carbocycles. The predicted molar refractivity (Wildman–Crippen MR) is 47.8 cm³/mol. The quantitative estimate of drug-likeness (QED) is 0.598. The maximum atomic E-state index is 4.29. The van der Waals surface area contributed by atoms with Gasteiger partial charge in [0.2, 0.25) is 0 Å². The van der Waals surface area contributed by atoms with E-state index >= 15 is 0 Å². The van der Waals surface area contributed by atoms with Crippen LogP contribution in [-0.2, 0) is 6.42 Å². The molecule has 0 aliphatic heterocycles. The van der Waals surface area contributed by atoms with Crippen LogP contribution in [0, 0.1) is 20.8 Å². The van der Waals surface area contributed by atoms with E-state index in [1.807, 2.05) is 6.20 Å². The molecule has 1 heterocycles. The molecule has 0 amide bonds. The molecule has 0 bridgehead atoms. The van der Waals surface area contributed by atoms with E-state index in [1.54, 1.807) is 0 Å². The minimum absolute atomic E-state index is 1.11. The van der Waals surface area contributed by atoms with Crippen molar-refractivity contribution in [1.82, 2.24) is 4.98 Å². The monoisotopic (exact) mass is 149 g/mol. The first-order valence-electron chi connectivity index (χ1n) is 4.08. The van der Waals surface area contributed by atoms with Gasteiger partial charge < -0.3 is 0 Å². The van der Waals surface area contributed by atoms with E-state index in [0.29, 0.717) is 0 Å². The number of rotatable bonds is 1. The molecule has 0 N–H and O–H groups in total. The Balaban J connectivity index is 3.29. The first kappa shape index (κ1) is 8.25. The van der Waals surface area contributed by atoms with Gasteiger partial charge in [0, 0.05) is 11.9 Å². The molecule has 1 heteroatoms. The molecule has 1 aromatic heterocycles. The van der Waals surface area contributed by atoms with Gasteiger partial charge in [0.15, 0.2) is 0 Å². The lowest BCUT2D eigenvalue weighted by atomic mass is 10.0. The van der Waals surface area contributed by atoms with Crippen LogP contribution >= 0.6 is 0 Å². The molecule has 0 unspecified atom stereocenters. The lowest BCUT2D eigenvalue weighted by Gasteiger charge is -2.08. The van der Waals surface area contributed by atoms with E-state index < -0.39 is 0 Å². The molecule has 0 atom stereocenters. The van der Waals surface area contributed by atoms with Crippen molar-refractivity contribution in [3.05, 3.63) is 28.6 Å². The van der Waals surface area contributed by atoms with Gasteiger partial charge in [0.05, 0.1) is 0 Å². The maximum absolute atomic E-state index is 4.29. The summed E-state index contributed by atoms with van der Waals surface area (Å²) >= 11 is 0. The molecule has 1 aromatic rings. The van der Waals surface area contributed by atoms with Crippen LogP contribution in [-0.4, -0.2) is 4.98 Å². The average Bonchev–Trinajstić information content (AvgIpc) is 1.99. The minimum atomic E-state index is 1.11. The molecule has 1 rings (SSSR count). The lowest BCUT2D eigenvalue weighted by molar-refractivity contribution is 1.02. The summed E-state index contributed by atoms with van der Waals surface area (Å²) in [6, 6.07) is 0. The topological polar surface area (TPSA) is 12.9 Å². The van der Waals surface area contributed by atoms with Gasteiger partial charge in [0.25, 0.3) is 0 Å². The third kappa shape index (κ3) is 1.42. The fourth-order valence-electron chi connectivity index (χ4n) is 1.43. The molecule has 0 spiro atoms. The Bertz CT molecular complexity index is 264. The van der Waals surface area contributed by atoms with Crippen LogP contribution in [0.15, 0.2) is 6.20 Å². The highest BCUT2D eigenvalue weighted by atomic mass is 14.7. The molecular formula is C10H15N. The van der Waals surface area contributed by atoms with Crippen molar-refractivity contribution in [2.24, 2.45) is 0 Å². The molecule has 60 valence electrons. The second-order valence-electron chi connectivity index (χ2n) is 2.98. The van der Waals surface area contributed by atoms with Gasteiger partial charge in [-0.25, -0.2) is 0 Å². The summed E-state index contributed by atoms with van der Waals surface area (Å²) in [4.78, 5) is 4.29. The van der Waals surface area contributed by atoms with Crippen molar-refractivity contribution >= 4 is 0 Å². The third-order valence-electron chi connectivity index (χ3n) is 2.28. The zero-order valence-corrected chi connectivity index (χ0v) is 7.73. The molecule has 0 aliphatic carbocycles. The highest BCUT2D eigenvalue weighted by molar-refractivity contribution is 5.34. The van der Waals surface area contributed by atoms with E-state index in [1.165, 1.54) is 16.7 Å². The Hall–Kier alpha value is -0.850. The number of aryl methyl sites for hydroxylation is 2. The fraction of sp³-hybridized carbons (Fsp3) is 0.500. The van der Waals surface area contributed by atoms with Crippen LogP contribution in [0.5, 0.6) is 0 Å². The molecule has 0 fully saturated rings. The molecule has 0 aliphatic rings. The van der Waals surface area contributed by atoms with Crippen molar-refractivity contribution in [2.75, 3.05) is 0 Å². The normalized spacial score (nSPS) is 10.2. The summed E-state index contributed by atoms with van der Waals surface area (Å²) in [5.74, 6) is 0. The van der Waals surface area contributed by atoms with E-state index in [-0.39, 0.29) is 0 Å². The summed E-state index contributed by atoms with van der Waals surface area (Å²) in [6.45, 7) is 8.52. The zero-order chi connectivity index (χ0) is 8.43. The molecule has 11 heavy (non-hydrogen) atoms. The Kier molecular flexibility index (Phi) is 2.28. The second-order valence-corrected chi connectivity index (χ2v) is 2.98. The van der Waals surface area contributed by atoms with Gasteiger partial charge in [-0.1, -0.05) is 6.92 Å². The maximum Gasteiger partial charge on any atom is 0.0404 e. The average molecular weight is 149 g/mol. The summed E-state index contributed by atoms with van der Waals surface area (Å²) in [5, 5.41) is 0. The molecule has 0 saturated carbocycles. The number of aromatic nitrogens is 1.